The van der Waals surface area contributed by atoms with Crippen LogP contribution in [0.2, 0.25) is 0 Å². The van der Waals surface area contributed by atoms with Crippen molar-refractivity contribution in [2.75, 3.05) is 0 Å². The van der Waals surface area contributed by atoms with Crippen molar-refractivity contribution in [3.05, 3.63) is 315 Å². The maximum atomic E-state index is 5.51. The lowest BCUT2D eigenvalue weighted by atomic mass is 9.96. The first kappa shape index (κ1) is 49.8. The number of rotatable bonds is 10. The van der Waals surface area contributed by atoms with E-state index in [1.807, 2.05) is 18.2 Å². The Morgan fingerprint density at radius 3 is 1.02 bits per heavy atom. The van der Waals surface area contributed by atoms with E-state index in [-0.39, 0.29) is 0 Å². The van der Waals surface area contributed by atoms with Gasteiger partial charge in [0.15, 0.2) is 17.5 Å². The molecule has 17 rings (SSSR count). The number of hydrogen-bond acceptors (Lipinski definition) is 3. The molecule has 406 valence electrons. The van der Waals surface area contributed by atoms with Crippen LogP contribution in [0.3, 0.4) is 0 Å². The fraction of sp³-hybridized carbons (Fsp3) is 0. The normalized spacial score (nSPS) is 11.7. The lowest BCUT2D eigenvalue weighted by molar-refractivity contribution is 1.07. The Labute approximate surface area is 502 Å². The zero-order chi connectivity index (χ0) is 57.4. The predicted molar refractivity (Wildman–Crippen MR) is 361 cm³/mol. The molecule has 6 nitrogen and oxygen atoms in total. The van der Waals surface area contributed by atoms with Crippen LogP contribution in [0.4, 0.5) is 0 Å². The van der Waals surface area contributed by atoms with Gasteiger partial charge in [-0.3, -0.25) is 0 Å². The van der Waals surface area contributed by atoms with Crippen molar-refractivity contribution in [3.63, 3.8) is 0 Å². The summed E-state index contributed by atoms with van der Waals surface area (Å²) in [6.07, 6.45) is 0. The molecule has 0 N–H and O–H groups in total. The van der Waals surface area contributed by atoms with Crippen LogP contribution in [0.5, 0.6) is 0 Å². The summed E-state index contributed by atoms with van der Waals surface area (Å²) in [6, 6.07) is 113. The first-order valence-corrected chi connectivity index (χ1v) is 29.6. The fourth-order valence-corrected chi connectivity index (χ4v) is 13.3. The average molecular weight is 1110 g/mol. The predicted octanol–water partition coefficient (Wildman–Crippen LogP) is 20.8. The highest BCUT2D eigenvalue weighted by molar-refractivity contribution is 6.14. The standard InChI is InChI=1S/C81H52N6/c1-5-22-53(23-6-1)56-28-21-29-59(48-56)64-45-41-61(52-78(64)86-72-37-18-13-32-65(72)66-33-14-19-38-73(66)86)81-83-79(55-26-9-3-10-27-55)82-80(84-81)60-40-44-63(54-24-7-2-8-25-54)77(51-60)87-74-39-20-16-35-68(74)70-50-58(43-47-76(70)87)57-42-46-75-69(49-57)67-34-15-17-36-71(67)85(75)62-30-11-4-12-31-62/h1-52H. The minimum absolute atomic E-state index is 0.574. The molecule has 0 amide bonds. The Hall–Kier alpha value is -11.7. The van der Waals surface area contributed by atoms with Gasteiger partial charge in [-0.15, -0.1) is 0 Å². The van der Waals surface area contributed by atoms with Crippen LogP contribution in [0.15, 0.2) is 315 Å². The molecule has 0 aliphatic rings. The summed E-state index contributed by atoms with van der Waals surface area (Å²) in [4.78, 5) is 16.3. The van der Waals surface area contributed by atoms with Crippen LogP contribution in [0.1, 0.15) is 0 Å². The Morgan fingerprint density at radius 2 is 0.517 bits per heavy atom. The van der Waals surface area contributed by atoms with Gasteiger partial charge < -0.3 is 13.7 Å². The van der Waals surface area contributed by atoms with Gasteiger partial charge in [0.25, 0.3) is 0 Å². The van der Waals surface area contributed by atoms with Crippen LogP contribution in [0, 0.1) is 0 Å². The highest BCUT2D eigenvalue weighted by atomic mass is 15.0. The molecule has 0 atom stereocenters. The van der Waals surface area contributed by atoms with Crippen molar-refractivity contribution in [1.29, 1.82) is 0 Å². The van der Waals surface area contributed by atoms with Crippen LogP contribution in [-0.4, -0.2) is 28.7 Å². The van der Waals surface area contributed by atoms with E-state index in [1.54, 1.807) is 0 Å². The molecule has 0 saturated heterocycles. The molecule has 0 radical (unpaired) electrons. The molecule has 6 heteroatoms. The van der Waals surface area contributed by atoms with E-state index in [0.717, 1.165) is 94.8 Å². The summed E-state index contributed by atoms with van der Waals surface area (Å²) in [5.41, 5.74) is 21.7. The molecule has 4 heterocycles. The molecule has 13 aromatic carbocycles. The van der Waals surface area contributed by atoms with Gasteiger partial charge in [-0.2, -0.15) is 0 Å². The monoisotopic (exact) mass is 1110 g/mol. The number of hydrogen-bond donors (Lipinski definition) is 0. The molecule has 4 aromatic heterocycles. The van der Waals surface area contributed by atoms with Gasteiger partial charge in [0, 0.05) is 65.8 Å². The SMILES string of the molecule is c1ccc(-c2cccc(-c3ccc(-c4nc(-c5ccccc5)nc(-c5ccc(-c6ccccc6)c(-n6c7ccccc7c7cc(-c8ccc9c(c8)c8ccccc8n9-c8ccccc8)ccc76)c5)n4)cc3-n3c4ccccc4c4ccccc43)c2)cc1. The van der Waals surface area contributed by atoms with Crippen LogP contribution in [0.25, 0.3) is 161 Å². The first-order chi connectivity index (χ1) is 43.1. The van der Waals surface area contributed by atoms with Gasteiger partial charge >= 0.3 is 0 Å². The quantitative estimate of drug-likeness (QED) is 0.137. The average Bonchev–Trinajstić information content (AvgIpc) is 2.34. The molecule has 0 fully saturated rings. The van der Waals surface area contributed by atoms with E-state index < -0.39 is 0 Å². The number of aromatic nitrogens is 6. The van der Waals surface area contributed by atoms with E-state index >= 15 is 0 Å². The molecule has 0 bridgehead atoms. The van der Waals surface area contributed by atoms with Crippen molar-refractivity contribution in [1.82, 2.24) is 28.7 Å². The fourth-order valence-electron chi connectivity index (χ4n) is 13.3. The van der Waals surface area contributed by atoms with Gasteiger partial charge in [0.1, 0.15) is 0 Å². The maximum Gasteiger partial charge on any atom is 0.164 e. The maximum absolute atomic E-state index is 5.51. The zero-order valence-corrected chi connectivity index (χ0v) is 47.2. The number of nitrogens with zero attached hydrogens (tertiary/aromatic N) is 6. The molecule has 17 aromatic rings. The van der Waals surface area contributed by atoms with E-state index in [4.69, 9.17) is 15.0 Å². The number of para-hydroxylation sites is 5. The summed E-state index contributed by atoms with van der Waals surface area (Å²) in [5, 5.41) is 7.17. The first-order valence-electron chi connectivity index (χ1n) is 29.6. The van der Waals surface area contributed by atoms with E-state index in [2.05, 4.69) is 311 Å². The lowest BCUT2D eigenvalue weighted by Crippen LogP contribution is -2.03. The summed E-state index contributed by atoms with van der Waals surface area (Å²) in [6.45, 7) is 0. The van der Waals surface area contributed by atoms with Crippen molar-refractivity contribution < 1.29 is 0 Å². The van der Waals surface area contributed by atoms with Gasteiger partial charge in [-0.25, -0.2) is 15.0 Å². The van der Waals surface area contributed by atoms with Gasteiger partial charge in [-0.1, -0.05) is 237 Å². The molecule has 0 saturated carbocycles. The van der Waals surface area contributed by atoms with Crippen LogP contribution < -0.4 is 0 Å². The Morgan fingerprint density at radius 1 is 0.184 bits per heavy atom. The smallest absolute Gasteiger partial charge is 0.164 e. The molecular formula is C81H52N6. The molecule has 0 spiro atoms. The molecule has 87 heavy (non-hydrogen) atoms. The molecule has 0 aliphatic heterocycles. The Kier molecular flexibility index (Phi) is 11.8. The van der Waals surface area contributed by atoms with E-state index in [9.17, 15) is 0 Å². The third-order valence-corrected chi connectivity index (χ3v) is 17.3. The number of fused-ring (bicyclic) bond motifs is 9. The second kappa shape index (κ2) is 20.6. The van der Waals surface area contributed by atoms with Crippen molar-refractivity contribution in [2.45, 2.75) is 0 Å². The second-order valence-corrected chi connectivity index (χ2v) is 22.3. The summed E-state index contributed by atoms with van der Waals surface area (Å²) >= 11 is 0. The molecule has 0 aliphatic carbocycles. The molecular weight excluding hydrogens is 1060 g/mol. The Bertz CT molecular complexity index is 5450. The topological polar surface area (TPSA) is 53.5 Å². The zero-order valence-electron chi connectivity index (χ0n) is 47.2. The summed E-state index contributed by atoms with van der Waals surface area (Å²) in [7, 11) is 0. The van der Waals surface area contributed by atoms with Crippen molar-refractivity contribution >= 4 is 65.4 Å². The lowest BCUT2D eigenvalue weighted by Gasteiger charge is -2.18. The van der Waals surface area contributed by atoms with Crippen molar-refractivity contribution in [3.8, 4) is 95.7 Å². The van der Waals surface area contributed by atoms with Gasteiger partial charge in [0.2, 0.25) is 0 Å². The van der Waals surface area contributed by atoms with Crippen molar-refractivity contribution in [2.24, 2.45) is 0 Å². The Balaban J connectivity index is 0.850. The minimum atomic E-state index is 0.574. The third kappa shape index (κ3) is 8.45. The van der Waals surface area contributed by atoms with Gasteiger partial charge in [-0.05, 0) is 112 Å². The summed E-state index contributed by atoms with van der Waals surface area (Å²) < 4.78 is 7.21. The van der Waals surface area contributed by atoms with Crippen LogP contribution >= 0.6 is 0 Å². The van der Waals surface area contributed by atoms with E-state index in [1.165, 1.54) is 48.9 Å². The number of benzene rings is 13. The largest absolute Gasteiger partial charge is 0.309 e. The minimum Gasteiger partial charge on any atom is -0.309 e. The highest BCUT2D eigenvalue weighted by Crippen LogP contribution is 2.43. The van der Waals surface area contributed by atoms with Crippen LogP contribution in [-0.2, 0) is 0 Å². The summed E-state index contributed by atoms with van der Waals surface area (Å²) in [5.74, 6) is 1.74. The third-order valence-electron chi connectivity index (χ3n) is 17.3. The van der Waals surface area contributed by atoms with E-state index in [0.29, 0.717) is 17.5 Å². The molecule has 0 unspecified atom stereocenters. The second-order valence-electron chi connectivity index (χ2n) is 22.3. The highest BCUT2D eigenvalue weighted by Gasteiger charge is 2.23. The van der Waals surface area contributed by atoms with Gasteiger partial charge in [0.05, 0.1) is 44.5 Å².